The predicted molar refractivity (Wildman–Crippen MR) is 91.6 cm³/mol. The highest BCUT2D eigenvalue weighted by Crippen LogP contribution is 2.39. The Morgan fingerprint density at radius 2 is 1.95 bits per heavy atom. The molecule has 0 bridgehead atoms. The van der Waals surface area contributed by atoms with Crippen LogP contribution in [0.5, 0.6) is 0 Å². The van der Waals surface area contributed by atoms with Crippen LogP contribution < -0.4 is 5.32 Å². The highest BCUT2D eigenvalue weighted by molar-refractivity contribution is 4.90. The van der Waals surface area contributed by atoms with Crippen LogP contribution in [0.4, 0.5) is 0 Å². The molecule has 0 aromatic carbocycles. The van der Waals surface area contributed by atoms with Gasteiger partial charge in [-0.15, -0.1) is 0 Å². The lowest BCUT2D eigenvalue weighted by Gasteiger charge is -2.43. The summed E-state index contributed by atoms with van der Waals surface area (Å²) in [7, 11) is 0. The second-order valence-corrected chi connectivity index (χ2v) is 7.61. The molecule has 1 aliphatic carbocycles. The zero-order valence-electron chi connectivity index (χ0n) is 14.8. The van der Waals surface area contributed by atoms with Gasteiger partial charge in [-0.25, -0.2) is 0 Å². The van der Waals surface area contributed by atoms with Crippen molar-refractivity contribution >= 4 is 0 Å². The third-order valence-corrected chi connectivity index (χ3v) is 4.91. The molecule has 1 fully saturated rings. The van der Waals surface area contributed by atoms with Crippen molar-refractivity contribution in [2.75, 3.05) is 32.8 Å². The van der Waals surface area contributed by atoms with Crippen LogP contribution in [-0.4, -0.2) is 48.8 Å². The van der Waals surface area contributed by atoms with E-state index < -0.39 is 0 Å². The lowest BCUT2D eigenvalue weighted by Crippen LogP contribution is -2.48. The summed E-state index contributed by atoms with van der Waals surface area (Å²) in [6.07, 6.45) is 7.63. The number of hydrogen-bond donors (Lipinski definition) is 2. The van der Waals surface area contributed by atoms with Crippen LogP contribution in [0.1, 0.15) is 66.2 Å². The highest BCUT2D eigenvalue weighted by Gasteiger charge is 2.35. The van der Waals surface area contributed by atoms with Gasteiger partial charge in [0.2, 0.25) is 0 Å². The van der Waals surface area contributed by atoms with Gasteiger partial charge in [-0.3, -0.25) is 0 Å². The van der Waals surface area contributed by atoms with Gasteiger partial charge in [0.15, 0.2) is 0 Å². The Morgan fingerprint density at radius 1 is 1.19 bits per heavy atom. The fraction of sp³-hybridized carbons (Fsp3) is 1.00. The Labute approximate surface area is 132 Å². The summed E-state index contributed by atoms with van der Waals surface area (Å²) in [6, 6.07) is 0.667. The summed E-state index contributed by atoms with van der Waals surface area (Å²) in [5, 5.41) is 13.1. The van der Waals surface area contributed by atoms with E-state index in [0.717, 1.165) is 32.1 Å². The zero-order chi connectivity index (χ0) is 15.7. The second kappa shape index (κ2) is 9.81. The summed E-state index contributed by atoms with van der Waals surface area (Å²) >= 11 is 0. The van der Waals surface area contributed by atoms with Crippen LogP contribution in [0.15, 0.2) is 0 Å². The molecule has 0 heterocycles. The van der Waals surface area contributed by atoms with Crippen LogP contribution >= 0.6 is 0 Å². The molecule has 0 radical (unpaired) electrons. The number of unbranched alkanes of at least 4 members (excludes halogenated alkanes) is 1. The average molecular weight is 299 g/mol. The minimum absolute atomic E-state index is 0.285. The SMILES string of the molecule is CCCCN(CCO)CC1CC(C)(C)CCC1NCCC. The molecule has 2 N–H and O–H groups in total. The first-order valence-electron chi connectivity index (χ1n) is 9.09. The Hall–Kier alpha value is -0.120. The molecule has 1 saturated carbocycles. The molecular weight excluding hydrogens is 260 g/mol. The van der Waals surface area contributed by atoms with Crippen LogP contribution in [0.3, 0.4) is 0 Å². The Balaban J connectivity index is 2.61. The summed E-state index contributed by atoms with van der Waals surface area (Å²) < 4.78 is 0. The quantitative estimate of drug-likeness (QED) is 0.650. The fourth-order valence-electron chi connectivity index (χ4n) is 3.68. The van der Waals surface area contributed by atoms with Crippen molar-refractivity contribution in [1.82, 2.24) is 10.2 Å². The predicted octanol–water partition coefficient (Wildman–Crippen LogP) is 3.28. The standard InChI is InChI=1S/C18H38N2O/c1-5-7-11-20(12-13-21)15-16-14-18(3,4)9-8-17(16)19-10-6-2/h16-17,19,21H,5-15H2,1-4H3. The molecule has 0 aromatic rings. The first-order valence-corrected chi connectivity index (χ1v) is 9.09. The number of hydrogen-bond acceptors (Lipinski definition) is 3. The van der Waals surface area contributed by atoms with Crippen molar-refractivity contribution < 1.29 is 5.11 Å². The van der Waals surface area contributed by atoms with Gasteiger partial charge >= 0.3 is 0 Å². The van der Waals surface area contributed by atoms with Gasteiger partial charge in [0.1, 0.15) is 0 Å². The lowest BCUT2D eigenvalue weighted by atomic mass is 9.69. The van der Waals surface area contributed by atoms with Crippen molar-refractivity contribution in [2.45, 2.75) is 72.3 Å². The molecule has 0 saturated heterocycles. The van der Waals surface area contributed by atoms with Crippen LogP contribution in [0, 0.1) is 11.3 Å². The van der Waals surface area contributed by atoms with E-state index in [0.29, 0.717) is 11.5 Å². The first-order chi connectivity index (χ1) is 10.0. The third kappa shape index (κ3) is 7.12. The van der Waals surface area contributed by atoms with Crippen LogP contribution in [0.2, 0.25) is 0 Å². The number of nitrogens with one attached hydrogen (secondary N) is 1. The van der Waals surface area contributed by atoms with Crippen molar-refractivity contribution in [2.24, 2.45) is 11.3 Å². The molecule has 0 amide bonds. The minimum Gasteiger partial charge on any atom is -0.395 e. The summed E-state index contributed by atoms with van der Waals surface area (Å²) in [6.45, 7) is 13.8. The molecule has 0 aliphatic heterocycles. The molecule has 126 valence electrons. The summed E-state index contributed by atoms with van der Waals surface area (Å²) in [5.74, 6) is 0.726. The second-order valence-electron chi connectivity index (χ2n) is 7.61. The van der Waals surface area contributed by atoms with Gasteiger partial charge in [0.25, 0.3) is 0 Å². The molecule has 2 unspecified atom stereocenters. The number of aliphatic hydroxyl groups is 1. The maximum absolute atomic E-state index is 9.32. The minimum atomic E-state index is 0.285. The number of rotatable bonds is 10. The molecule has 3 heteroatoms. The van der Waals surface area contributed by atoms with Gasteiger partial charge in [0.05, 0.1) is 6.61 Å². The Kier molecular flexibility index (Phi) is 8.84. The third-order valence-electron chi connectivity index (χ3n) is 4.91. The van der Waals surface area contributed by atoms with E-state index in [1.807, 2.05) is 0 Å². The summed E-state index contributed by atoms with van der Waals surface area (Å²) in [4.78, 5) is 2.48. The normalized spacial score (nSPS) is 25.4. The molecule has 2 atom stereocenters. The monoisotopic (exact) mass is 298 g/mol. The van der Waals surface area contributed by atoms with E-state index in [1.54, 1.807) is 0 Å². The van der Waals surface area contributed by atoms with Gasteiger partial charge < -0.3 is 15.3 Å². The fourth-order valence-corrected chi connectivity index (χ4v) is 3.68. The molecule has 0 spiro atoms. The smallest absolute Gasteiger partial charge is 0.0558 e. The van der Waals surface area contributed by atoms with E-state index in [-0.39, 0.29) is 6.61 Å². The number of nitrogens with zero attached hydrogens (tertiary/aromatic N) is 1. The number of aliphatic hydroxyl groups excluding tert-OH is 1. The molecule has 21 heavy (non-hydrogen) atoms. The van der Waals surface area contributed by atoms with Crippen LogP contribution in [-0.2, 0) is 0 Å². The maximum Gasteiger partial charge on any atom is 0.0558 e. The Bertz CT molecular complexity index is 268. The zero-order valence-corrected chi connectivity index (χ0v) is 14.8. The average Bonchev–Trinajstić information content (AvgIpc) is 2.43. The van der Waals surface area contributed by atoms with E-state index >= 15 is 0 Å². The molecule has 3 nitrogen and oxygen atoms in total. The lowest BCUT2D eigenvalue weighted by molar-refractivity contribution is 0.0905. The van der Waals surface area contributed by atoms with E-state index in [1.165, 1.54) is 38.5 Å². The first kappa shape index (κ1) is 18.9. The van der Waals surface area contributed by atoms with Crippen molar-refractivity contribution in [3.05, 3.63) is 0 Å². The van der Waals surface area contributed by atoms with Crippen molar-refractivity contribution in [1.29, 1.82) is 0 Å². The summed E-state index contributed by atoms with van der Waals surface area (Å²) in [5.41, 5.74) is 0.477. The van der Waals surface area contributed by atoms with Crippen molar-refractivity contribution in [3.63, 3.8) is 0 Å². The molecule has 1 aliphatic rings. The Morgan fingerprint density at radius 3 is 2.57 bits per heavy atom. The maximum atomic E-state index is 9.32. The molecule has 0 aromatic heterocycles. The van der Waals surface area contributed by atoms with Crippen molar-refractivity contribution in [3.8, 4) is 0 Å². The largest absolute Gasteiger partial charge is 0.395 e. The van der Waals surface area contributed by atoms with E-state index in [2.05, 4.69) is 37.9 Å². The molecular formula is C18H38N2O. The van der Waals surface area contributed by atoms with Gasteiger partial charge in [-0.2, -0.15) is 0 Å². The molecule has 1 rings (SSSR count). The topological polar surface area (TPSA) is 35.5 Å². The van der Waals surface area contributed by atoms with E-state index in [9.17, 15) is 5.11 Å². The highest BCUT2D eigenvalue weighted by atomic mass is 16.3. The van der Waals surface area contributed by atoms with Gasteiger partial charge in [0, 0.05) is 19.1 Å². The van der Waals surface area contributed by atoms with E-state index in [4.69, 9.17) is 0 Å². The van der Waals surface area contributed by atoms with Gasteiger partial charge in [-0.05, 0) is 56.5 Å². The van der Waals surface area contributed by atoms with Crippen LogP contribution in [0.25, 0.3) is 0 Å². The van der Waals surface area contributed by atoms with Gasteiger partial charge in [-0.1, -0.05) is 34.1 Å².